The number of nitrogens with zero attached hydrogens (tertiary/aromatic N) is 4. The van der Waals surface area contributed by atoms with Crippen LogP contribution in [0.4, 0.5) is 16.2 Å². The van der Waals surface area contributed by atoms with Crippen molar-refractivity contribution in [2.45, 2.75) is 20.8 Å². The van der Waals surface area contributed by atoms with Crippen LogP contribution in [-0.2, 0) is 9.53 Å². The SMILES string of the molecule is CC(C)(C)C(=O)Nc1nc(N2CCOCC2)c2cc(-c3ccc(F)cc3)cnc2n1. The fraction of sp³-hybridized carbons (Fsp3) is 0.364. The van der Waals surface area contributed by atoms with Gasteiger partial charge >= 0.3 is 0 Å². The Morgan fingerprint density at radius 3 is 2.47 bits per heavy atom. The third-order valence-corrected chi connectivity index (χ3v) is 4.93. The summed E-state index contributed by atoms with van der Waals surface area (Å²) in [4.78, 5) is 28.2. The van der Waals surface area contributed by atoms with E-state index in [0.29, 0.717) is 37.8 Å². The van der Waals surface area contributed by atoms with Crippen molar-refractivity contribution in [2.24, 2.45) is 5.41 Å². The van der Waals surface area contributed by atoms with Crippen LogP contribution >= 0.6 is 0 Å². The van der Waals surface area contributed by atoms with E-state index in [2.05, 4.69) is 25.2 Å². The molecule has 0 unspecified atom stereocenters. The molecule has 156 valence electrons. The fourth-order valence-corrected chi connectivity index (χ4v) is 3.16. The predicted octanol–water partition coefficient (Wildman–Crippen LogP) is 3.65. The molecule has 1 aliphatic rings. The van der Waals surface area contributed by atoms with Gasteiger partial charge in [-0.15, -0.1) is 0 Å². The lowest BCUT2D eigenvalue weighted by Crippen LogP contribution is -2.37. The molecule has 2 aromatic heterocycles. The van der Waals surface area contributed by atoms with Gasteiger partial charge in [-0.3, -0.25) is 10.1 Å². The fourth-order valence-electron chi connectivity index (χ4n) is 3.16. The number of hydrogen-bond acceptors (Lipinski definition) is 6. The molecule has 1 aliphatic heterocycles. The number of nitrogens with one attached hydrogen (secondary N) is 1. The molecule has 0 aliphatic carbocycles. The van der Waals surface area contributed by atoms with E-state index >= 15 is 0 Å². The number of amides is 1. The Labute approximate surface area is 174 Å². The van der Waals surface area contributed by atoms with E-state index in [0.717, 1.165) is 16.5 Å². The van der Waals surface area contributed by atoms with Gasteiger partial charge in [0.1, 0.15) is 11.6 Å². The lowest BCUT2D eigenvalue weighted by Gasteiger charge is -2.29. The monoisotopic (exact) mass is 409 g/mol. The Hall–Kier alpha value is -3.13. The summed E-state index contributed by atoms with van der Waals surface area (Å²) in [6.07, 6.45) is 1.70. The summed E-state index contributed by atoms with van der Waals surface area (Å²) in [5.41, 5.74) is 1.61. The molecule has 30 heavy (non-hydrogen) atoms. The van der Waals surface area contributed by atoms with Crippen molar-refractivity contribution in [3.05, 3.63) is 42.3 Å². The van der Waals surface area contributed by atoms with Gasteiger partial charge in [-0.1, -0.05) is 32.9 Å². The van der Waals surface area contributed by atoms with Crippen molar-refractivity contribution in [1.29, 1.82) is 0 Å². The second-order valence-electron chi connectivity index (χ2n) is 8.28. The molecule has 3 heterocycles. The minimum atomic E-state index is -0.572. The van der Waals surface area contributed by atoms with Crippen LogP contribution in [0, 0.1) is 11.2 Å². The van der Waals surface area contributed by atoms with Crippen molar-refractivity contribution < 1.29 is 13.9 Å². The van der Waals surface area contributed by atoms with Gasteiger partial charge < -0.3 is 9.64 Å². The van der Waals surface area contributed by atoms with Crippen molar-refractivity contribution in [2.75, 3.05) is 36.5 Å². The number of halogens is 1. The molecule has 1 amide bonds. The summed E-state index contributed by atoms with van der Waals surface area (Å²) in [6.45, 7) is 8.05. The quantitative estimate of drug-likeness (QED) is 0.711. The maximum Gasteiger partial charge on any atom is 0.233 e. The second-order valence-corrected chi connectivity index (χ2v) is 8.28. The van der Waals surface area contributed by atoms with E-state index in [-0.39, 0.29) is 17.7 Å². The van der Waals surface area contributed by atoms with E-state index in [4.69, 9.17) is 4.74 Å². The zero-order chi connectivity index (χ0) is 21.3. The molecule has 0 spiro atoms. The number of aromatic nitrogens is 3. The van der Waals surface area contributed by atoms with Crippen LogP contribution in [0.2, 0.25) is 0 Å². The summed E-state index contributed by atoms with van der Waals surface area (Å²) in [5.74, 6) is 0.469. The molecule has 1 N–H and O–H groups in total. The number of rotatable bonds is 3. The van der Waals surface area contributed by atoms with Crippen LogP contribution in [0.3, 0.4) is 0 Å². The first kappa shape index (κ1) is 20.2. The van der Waals surface area contributed by atoms with Gasteiger partial charge in [0, 0.05) is 30.3 Å². The van der Waals surface area contributed by atoms with Gasteiger partial charge in [0.15, 0.2) is 5.65 Å². The third kappa shape index (κ3) is 4.23. The second kappa shape index (κ2) is 7.95. The Balaban J connectivity index is 1.80. The highest BCUT2D eigenvalue weighted by Crippen LogP contribution is 2.30. The lowest BCUT2D eigenvalue weighted by molar-refractivity contribution is -0.123. The number of carbonyl (C=O) groups is 1. The Bertz CT molecular complexity index is 1070. The summed E-state index contributed by atoms with van der Waals surface area (Å²) in [5, 5.41) is 3.58. The minimum Gasteiger partial charge on any atom is -0.378 e. The molecule has 1 saturated heterocycles. The first-order chi connectivity index (χ1) is 14.3. The molecule has 7 nitrogen and oxygen atoms in total. The normalized spacial score (nSPS) is 14.7. The highest BCUT2D eigenvalue weighted by molar-refractivity contribution is 5.96. The largest absolute Gasteiger partial charge is 0.378 e. The molecule has 0 bridgehead atoms. The molecule has 3 aromatic rings. The number of fused-ring (bicyclic) bond motifs is 1. The predicted molar refractivity (Wildman–Crippen MR) is 114 cm³/mol. The van der Waals surface area contributed by atoms with Crippen LogP contribution in [0.1, 0.15) is 20.8 Å². The Morgan fingerprint density at radius 2 is 1.80 bits per heavy atom. The van der Waals surface area contributed by atoms with Gasteiger partial charge in [-0.25, -0.2) is 9.37 Å². The first-order valence-electron chi connectivity index (χ1n) is 9.89. The maximum atomic E-state index is 13.3. The van der Waals surface area contributed by atoms with Crippen molar-refractivity contribution in [1.82, 2.24) is 15.0 Å². The maximum absolute atomic E-state index is 13.3. The average Bonchev–Trinajstić information content (AvgIpc) is 2.73. The highest BCUT2D eigenvalue weighted by atomic mass is 19.1. The third-order valence-electron chi connectivity index (χ3n) is 4.93. The van der Waals surface area contributed by atoms with Crippen molar-refractivity contribution in [3.63, 3.8) is 0 Å². The number of morpholine rings is 1. The summed E-state index contributed by atoms with van der Waals surface area (Å²) in [6, 6.07) is 8.22. The van der Waals surface area contributed by atoms with Crippen LogP contribution in [0.5, 0.6) is 0 Å². The van der Waals surface area contributed by atoms with Crippen LogP contribution in [-0.4, -0.2) is 47.2 Å². The van der Waals surface area contributed by atoms with Gasteiger partial charge in [-0.2, -0.15) is 9.97 Å². The molecular weight excluding hydrogens is 385 g/mol. The number of benzene rings is 1. The number of ether oxygens (including phenoxy) is 1. The molecular formula is C22H24FN5O2. The zero-order valence-electron chi connectivity index (χ0n) is 17.3. The standard InChI is InChI=1S/C22H24FN5O2/c1-22(2,3)20(29)27-21-25-18-17(19(26-21)28-8-10-30-11-9-28)12-15(13-24-18)14-4-6-16(23)7-5-14/h4-7,12-13H,8-11H2,1-3H3,(H,24,25,26,27,29). The van der Waals surface area contributed by atoms with Crippen LogP contribution in [0.25, 0.3) is 22.2 Å². The highest BCUT2D eigenvalue weighted by Gasteiger charge is 2.24. The van der Waals surface area contributed by atoms with Gasteiger partial charge in [0.2, 0.25) is 11.9 Å². The number of anilines is 2. The molecule has 0 radical (unpaired) electrons. The summed E-state index contributed by atoms with van der Waals surface area (Å²) < 4.78 is 18.8. The minimum absolute atomic E-state index is 0.169. The smallest absolute Gasteiger partial charge is 0.233 e. The summed E-state index contributed by atoms with van der Waals surface area (Å²) in [7, 11) is 0. The van der Waals surface area contributed by atoms with E-state index in [1.54, 1.807) is 18.3 Å². The molecule has 0 saturated carbocycles. The average molecular weight is 409 g/mol. The molecule has 1 aromatic carbocycles. The van der Waals surface area contributed by atoms with Gasteiger partial charge in [0.05, 0.1) is 18.6 Å². The van der Waals surface area contributed by atoms with Crippen molar-refractivity contribution in [3.8, 4) is 11.1 Å². The van der Waals surface area contributed by atoms with Crippen LogP contribution in [0.15, 0.2) is 36.5 Å². The van der Waals surface area contributed by atoms with Gasteiger partial charge in [0.25, 0.3) is 0 Å². The van der Waals surface area contributed by atoms with Crippen LogP contribution < -0.4 is 10.2 Å². The zero-order valence-corrected chi connectivity index (χ0v) is 17.3. The Morgan fingerprint density at radius 1 is 1.10 bits per heavy atom. The molecule has 0 atom stereocenters. The molecule has 1 fully saturated rings. The number of carbonyl (C=O) groups excluding carboxylic acids is 1. The van der Waals surface area contributed by atoms with Crippen molar-refractivity contribution >= 4 is 28.7 Å². The molecule has 4 rings (SSSR count). The topological polar surface area (TPSA) is 80.2 Å². The molecule has 8 heteroatoms. The summed E-state index contributed by atoms with van der Waals surface area (Å²) >= 11 is 0. The number of hydrogen-bond donors (Lipinski definition) is 1. The Kier molecular flexibility index (Phi) is 5.34. The lowest BCUT2D eigenvalue weighted by atomic mass is 9.96. The van der Waals surface area contributed by atoms with E-state index in [9.17, 15) is 9.18 Å². The van der Waals surface area contributed by atoms with E-state index in [1.807, 2.05) is 26.8 Å². The first-order valence-corrected chi connectivity index (χ1v) is 9.89. The van der Waals surface area contributed by atoms with E-state index in [1.165, 1.54) is 12.1 Å². The number of pyridine rings is 1. The van der Waals surface area contributed by atoms with Gasteiger partial charge in [-0.05, 0) is 23.8 Å². The van der Waals surface area contributed by atoms with E-state index < -0.39 is 5.41 Å².